The molecule has 0 radical (unpaired) electrons. The minimum atomic E-state index is -0.323. The number of halogens is 1. The van der Waals surface area contributed by atoms with Crippen LogP contribution < -0.4 is 10.6 Å². The summed E-state index contributed by atoms with van der Waals surface area (Å²) in [5, 5.41) is 5.83. The first-order chi connectivity index (χ1) is 11.0. The average molecular weight is 356 g/mol. The van der Waals surface area contributed by atoms with Gasteiger partial charge in [-0.3, -0.25) is 14.4 Å². The van der Waals surface area contributed by atoms with Gasteiger partial charge in [0.15, 0.2) is 0 Å². The number of carbonyl (C=O) groups is 3. The predicted octanol–water partition coefficient (Wildman–Crippen LogP) is 2.26. The molecule has 2 N–H and O–H groups in total. The molecule has 1 fully saturated rings. The van der Waals surface area contributed by atoms with Crippen molar-refractivity contribution < 1.29 is 14.4 Å². The summed E-state index contributed by atoms with van der Waals surface area (Å²) >= 11 is 7.24. The maximum atomic E-state index is 11.9. The zero-order valence-electron chi connectivity index (χ0n) is 12.7. The van der Waals surface area contributed by atoms with Gasteiger partial charge in [0.2, 0.25) is 11.8 Å². The van der Waals surface area contributed by atoms with Crippen molar-refractivity contribution in [2.75, 3.05) is 30.7 Å². The number of carbonyl (C=O) groups excluding carboxylic acids is 3. The van der Waals surface area contributed by atoms with Gasteiger partial charge in [-0.2, -0.15) is 0 Å². The third-order valence-electron chi connectivity index (χ3n) is 3.44. The Balaban J connectivity index is 1.72. The number of benzene rings is 1. The van der Waals surface area contributed by atoms with E-state index in [9.17, 15) is 14.4 Å². The second kappa shape index (κ2) is 8.21. The Hall–Kier alpha value is -1.73. The van der Waals surface area contributed by atoms with E-state index in [2.05, 4.69) is 10.6 Å². The van der Waals surface area contributed by atoms with Gasteiger partial charge in [0.05, 0.1) is 6.54 Å². The Labute approximate surface area is 143 Å². The molecule has 0 aliphatic carbocycles. The number of nitrogens with one attached hydrogen (secondary N) is 2. The molecule has 2 rings (SSSR count). The molecular formula is C15H18ClN3O3S. The Morgan fingerprint density at radius 2 is 2.13 bits per heavy atom. The molecule has 0 spiro atoms. The lowest BCUT2D eigenvalue weighted by Crippen LogP contribution is -2.35. The van der Waals surface area contributed by atoms with Gasteiger partial charge in [-0.25, -0.2) is 0 Å². The largest absolute Gasteiger partial charge is 0.347 e. The van der Waals surface area contributed by atoms with E-state index in [-0.39, 0.29) is 30.0 Å². The van der Waals surface area contributed by atoms with Crippen molar-refractivity contribution in [1.29, 1.82) is 0 Å². The number of thioether (sulfide) groups is 1. The number of rotatable bonds is 6. The normalized spacial score (nSPS) is 14.0. The van der Waals surface area contributed by atoms with Crippen LogP contribution in [0, 0.1) is 6.92 Å². The minimum Gasteiger partial charge on any atom is -0.347 e. The first-order valence-electron chi connectivity index (χ1n) is 7.20. The summed E-state index contributed by atoms with van der Waals surface area (Å²) in [5.74, 6) is 0.186. The Morgan fingerprint density at radius 1 is 1.35 bits per heavy atom. The van der Waals surface area contributed by atoms with Crippen LogP contribution in [0.2, 0.25) is 5.02 Å². The molecule has 0 atom stereocenters. The van der Waals surface area contributed by atoms with Gasteiger partial charge < -0.3 is 15.5 Å². The highest BCUT2D eigenvalue weighted by atomic mass is 35.5. The Morgan fingerprint density at radius 3 is 2.83 bits per heavy atom. The lowest BCUT2D eigenvalue weighted by atomic mass is 10.2. The van der Waals surface area contributed by atoms with Crippen LogP contribution in [-0.2, 0) is 9.59 Å². The third kappa shape index (κ3) is 5.14. The molecule has 23 heavy (non-hydrogen) atoms. The highest BCUT2D eigenvalue weighted by molar-refractivity contribution is 8.13. The van der Waals surface area contributed by atoms with E-state index in [1.54, 1.807) is 23.1 Å². The van der Waals surface area contributed by atoms with Crippen LogP contribution in [0.5, 0.6) is 0 Å². The zero-order valence-corrected chi connectivity index (χ0v) is 14.3. The van der Waals surface area contributed by atoms with E-state index in [1.807, 2.05) is 6.92 Å². The fraction of sp³-hybridized carbons (Fsp3) is 0.400. The fourth-order valence-corrected chi connectivity index (χ4v) is 3.10. The fourth-order valence-electron chi connectivity index (χ4n) is 2.07. The number of nitrogens with zero attached hydrogens (tertiary/aromatic N) is 1. The second-order valence-corrected chi connectivity index (χ2v) is 6.54. The Kier molecular flexibility index (Phi) is 6.29. The molecule has 8 heteroatoms. The van der Waals surface area contributed by atoms with Crippen molar-refractivity contribution in [2.45, 2.75) is 13.3 Å². The molecule has 1 aliphatic rings. The van der Waals surface area contributed by atoms with Gasteiger partial charge >= 0.3 is 0 Å². The molecule has 1 aliphatic heterocycles. The van der Waals surface area contributed by atoms with Crippen LogP contribution in [0.1, 0.15) is 12.0 Å². The maximum Gasteiger partial charge on any atom is 0.281 e. The summed E-state index contributed by atoms with van der Waals surface area (Å²) in [6.45, 7) is 2.74. The number of hydrogen-bond acceptors (Lipinski definition) is 4. The van der Waals surface area contributed by atoms with E-state index in [1.165, 1.54) is 11.8 Å². The van der Waals surface area contributed by atoms with Gasteiger partial charge in [-0.1, -0.05) is 29.4 Å². The van der Waals surface area contributed by atoms with Crippen LogP contribution in [0.3, 0.4) is 0 Å². The van der Waals surface area contributed by atoms with Gasteiger partial charge in [0, 0.05) is 36.0 Å². The molecule has 1 heterocycles. The van der Waals surface area contributed by atoms with E-state index >= 15 is 0 Å². The van der Waals surface area contributed by atoms with Crippen molar-refractivity contribution >= 4 is 46.1 Å². The van der Waals surface area contributed by atoms with Crippen molar-refractivity contribution in [3.63, 3.8) is 0 Å². The zero-order chi connectivity index (χ0) is 16.8. The van der Waals surface area contributed by atoms with Crippen molar-refractivity contribution in [3.8, 4) is 0 Å². The molecule has 0 bridgehead atoms. The summed E-state index contributed by atoms with van der Waals surface area (Å²) in [4.78, 5) is 36.6. The average Bonchev–Trinajstić information content (AvgIpc) is 2.93. The quantitative estimate of drug-likeness (QED) is 0.820. The Bertz CT molecular complexity index is 624. The first-order valence-corrected chi connectivity index (χ1v) is 8.57. The lowest BCUT2D eigenvalue weighted by molar-refractivity contribution is -0.124. The molecule has 0 saturated carbocycles. The summed E-state index contributed by atoms with van der Waals surface area (Å²) in [6, 6.07) is 5.23. The summed E-state index contributed by atoms with van der Waals surface area (Å²) in [6.07, 6.45) is 0.190. The van der Waals surface area contributed by atoms with E-state index in [0.717, 1.165) is 11.3 Å². The smallest absolute Gasteiger partial charge is 0.281 e. The maximum absolute atomic E-state index is 11.9. The monoisotopic (exact) mass is 355 g/mol. The highest BCUT2D eigenvalue weighted by Gasteiger charge is 2.21. The van der Waals surface area contributed by atoms with E-state index < -0.39 is 0 Å². The summed E-state index contributed by atoms with van der Waals surface area (Å²) < 4.78 is 0. The summed E-state index contributed by atoms with van der Waals surface area (Å²) in [7, 11) is 0. The number of anilines is 1. The SMILES string of the molecule is Cc1c(Cl)cccc1NC(=O)CNC(=O)CCN1CCSC1=O. The van der Waals surface area contributed by atoms with E-state index in [4.69, 9.17) is 11.6 Å². The molecule has 1 aromatic rings. The molecule has 1 saturated heterocycles. The molecule has 0 aromatic heterocycles. The van der Waals surface area contributed by atoms with Crippen LogP contribution >= 0.6 is 23.4 Å². The van der Waals surface area contributed by atoms with Gasteiger partial charge in [-0.05, 0) is 24.6 Å². The molecule has 3 amide bonds. The van der Waals surface area contributed by atoms with Crippen LogP contribution in [0.4, 0.5) is 10.5 Å². The highest BCUT2D eigenvalue weighted by Crippen LogP contribution is 2.22. The second-order valence-electron chi connectivity index (χ2n) is 5.09. The number of hydrogen-bond donors (Lipinski definition) is 2. The first kappa shape index (κ1) is 17.6. The van der Waals surface area contributed by atoms with Crippen LogP contribution in [0.15, 0.2) is 18.2 Å². The third-order valence-corrected chi connectivity index (χ3v) is 4.74. The topological polar surface area (TPSA) is 78.5 Å². The molecule has 1 aromatic carbocycles. The van der Waals surface area contributed by atoms with Gasteiger partial charge in [-0.15, -0.1) is 0 Å². The van der Waals surface area contributed by atoms with Crippen molar-refractivity contribution in [1.82, 2.24) is 10.2 Å². The molecular weight excluding hydrogens is 338 g/mol. The van der Waals surface area contributed by atoms with Gasteiger partial charge in [0.25, 0.3) is 5.24 Å². The van der Waals surface area contributed by atoms with Crippen molar-refractivity contribution in [2.24, 2.45) is 0 Å². The number of amides is 3. The van der Waals surface area contributed by atoms with E-state index in [0.29, 0.717) is 23.8 Å². The summed E-state index contributed by atoms with van der Waals surface area (Å²) in [5.41, 5.74) is 1.40. The van der Waals surface area contributed by atoms with Crippen LogP contribution in [0.25, 0.3) is 0 Å². The standard InChI is InChI=1S/C15H18ClN3O3S/c1-10-11(16)3-2-4-12(10)18-14(21)9-17-13(20)5-6-19-7-8-23-15(19)22/h2-4H,5-9H2,1H3,(H,17,20)(H,18,21). The van der Waals surface area contributed by atoms with Crippen LogP contribution in [-0.4, -0.2) is 47.3 Å². The van der Waals surface area contributed by atoms with Crippen molar-refractivity contribution in [3.05, 3.63) is 28.8 Å². The predicted molar refractivity (Wildman–Crippen MR) is 91.9 cm³/mol. The minimum absolute atomic E-state index is 0.00646. The molecule has 124 valence electrons. The lowest BCUT2D eigenvalue weighted by Gasteiger charge is -2.14. The molecule has 6 nitrogen and oxygen atoms in total. The molecule has 0 unspecified atom stereocenters. The van der Waals surface area contributed by atoms with Gasteiger partial charge in [0.1, 0.15) is 0 Å².